The molecule has 2 aliphatic rings. The van der Waals surface area contributed by atoms with Crippen LogP contribution in [-0.4, -0.2) is 44.8 Å². The van der Waals surface area contributed by atoms with E-state index in [0.717, 1.165) is 18.9 Å². The van der Waals surface area contributed by atoms with Gasteiger partial charge >= 0.3 is 6.18 Å². The van der Waals surface area contributed by atoms with Crippen LogP contribution in [0.2, 0.25) is 0 Å². The molecule has 0 aliphatic carbocycles. The number of anilines is 1. The van der Waals surface area contributed by atoms with E-state index in [9.17, 15) is 13.2 Å². The Balaban J connectivity index is 1.63. The van der Waals surface area contributed by atoms with Gasteiger partial charge in [0, 0.05) is 36.8 Å². The molecule has 2 atom stereocenters. The summed E-state index contributed by atoms with van der Waals surface area (Å²) in [4.78, 5) is 10.5. The first-order chi connectivity index (χ1) is 13.0. The summed E-state index contributed by atoms with van der Waals surface area (Å²) in [6, 6.07) is 3.16. The van der Waals surface area contributed by atoms with Crippen molar-refractivity contribution in [2.75, 3.05) is 18.0 Å². The molecule has 0 aromatic carbocycles. The summed E-state index contributed by atoms with van der Waals surface area (Å²) in [5.41, 5.74) is -0.437. The third kappa shape index (κ3) is 2.96. The fraction of sp³-hybridized carbons (Fsp3) is 0.471. The van der Waals surface area contributed by atoms with Crippen LogP contribution in [0, 0.1) is 0 Å². The van der Waals surface area contributed by atoms with Crippen LogP contribution >= 0.6 is 11.3 Å². The predicted molar refractivity (Wildman–Crippen MR) is 95.9 cm³/mol. The highest BCUT2D eigenvalue weighted by atomic mass is 32.1. The van der Waals surface area contributed by atoms with Gasteiger partial charge in [0.05, 0.1) is 0 Å². The Morgan fingerprint density at radius 3 is 2.59 bits per heavy atom. The number of piperazine rings is 1. The number of thiazole rings is 1. The lowest BCUT2D eigenvalue weighted by atomic mass is 9.94. The lowest BCUT2D eigenvalue weighted by molar-refractivity contribution is -0.136. The number of halogens is 3. The average Bonchev–Trinajstić information content (AvgIpc) is 3.29. The molecule has 6 nitrogen and oxygen atoms in total. The van der Waals surface area contributed by atoms with Gasteiger partial charge in [0.15, 0.2) is 5.65 Å². The molecular weight excluding hydrogens is 377 g/mol. The molecule has 3 aromatic rings. The van der Waals surface area contributed by atoms with Crippen LogP contribution in [-0.2, 0) is 6.18 Å². The third-order valence-electron chi connectivity index (χ3n) is 5.17. The van der Waals surface area contributed by atoms with Crippen LogP contribution in [0.25, 0.3) is 16.3 Å². The maximum atomic E-state index is 13.5. The Morgan fingerprint density at radius 2 is 1.93 bits per heavy atom. The Morgan fingerprint density at radius 1 is 1.15 bits per heavy atom. The molecule has 1 N–H and O–H groups in total. The monoisotopic (exact) mass is 394 g/mol. The van der Waals surface area contributed by atoms with Gasteiger partial charge in [0.1, 0.15) is 16.3 Å². The lowest BCUT2D eigenvalue weighted by Gasteiger charge is -2.42. The zero-order valence-corrected chi connectivity index (χ0v) is 15.1. The van der Waals surface area contributed by atoms with Gasteiger partial charge in [0.25, 0.3) is 0 Å². The van der Waals surface area contributed by atoms with Crippen LogP contribution in [0.5, 0.6) is 0 Å². The molecule has 0 amide bonds. The van der Waals surface area contributed by atoms with Crippen LogP contribution < -0.4 is 10.2 Å². The van der Waals surface area contributed by atoms with Crippen molar-refractivity contribution >= 4 is 22.9 Å². The number of alkyl halides is 3. The van der Waals surface area contributed by atoms with Crippen molar-refractivity contribution in [2.45, 2.75) is 37.5 Å². The minimum atomic E-state index is -4.49. The standard InChI is InChI=1S/C17H17F3N6S/c18-17(19,20)12-4-5-13(15-21-6-7-27-15)26-14(12)23-16(24-26)25-8-10-2-1-3-11(9-25)22-10/h4-7,10-11,22H,1-3,8-9H2. The van der Waals surface area contributed by atoms with Crippen molar-refractivity contribution in [3.8, 4) is 10.7 Å². The molecule has 27 heavy (non-hydrogen) atoms. The maximum Gasteiger partial charge on any atom is 0.420 e. The summed E-state index contributed by atoms with van der Waals surface area (Å²) in [6.45, 7) is 1.42. The van der Waals surface area contributed by atoms with Crippen molar-refractivity contribution in [1.82, 2.24) is 24.9 Å². The zero-order chi connectivity index (χ0) is 18.6. The smallest absolute Gasteiger partial charge is 0.336 e. The molecule has 2 unspecified atom stereocenters. The molecule has 5 heterocycles. The average molecular weight is 394 g/mol. The van der Waals surface area contributed by atoms with Crippen molar-refractivity contribution in [3.05, 3.63) is 29.3 Å². The van der Waals surface area contributed by atoms with E-state index in [4.69, 9.17) is 0 Å². The Labute approximate surface area is 157 Å². The highest BCUT2D eigenvalue weighted by Gasteiger charge is 2.37. The molecule has 10 heteroatoms. The first kappa shape index (κ1) is 16.9. The quantitative estimate of drug-likeness (QED) is 0.723. The number of fused-ring (bicyclic) bond motifs is 3. The van der Waals surface area contributed by atoms with E-state index in [-0.39, 0.29) is 5.65 Å². The van der Waals surface area contributed by atoms with Gasteiger partial charge in [-0.1, -0.05) is 6.42 Å². The second-order valence-corrected chi connectivity index (χ2v) is 7.91. The van der Waals surface area contributed by atoms with Gasteiger partial charge in [-0.05, 0) is 25.0 Å². The van der Waals surface area contributed by atoms with Gasteiger partial charge in [-0.15, -0.1) is 16.4 Å². The number of rotatable bonds is 2. The van der Waals surface area contributed by atoms with E-state index < -0.39 is 11.7 Å². The number of nitrogens with zero attached hydrogens (tertiary/aromatic N) is 5. The maximum absolute atomic E-state index is 13.5. The summed E-state index contributed by atoms with van der Waals surface area (Å²) < 4.78 is 41.8. The normalized spacial score (nSPS) is 23.1. The second-order valence-electron chi connectivity index (χ2n) is 7.01. The van der Waals surface area contributed by atoms with Gasteiger partial charge in [-0.3, -0.25) is 0 Å². The third-order valence-corrected chi connectivity index (χ3v) is 5.97. The molecule has 2 aliphatic heterocycles. The molecule has 0 saturated carbocycles. The van der Waals surface area contributed by atoms with E-state index >= 15 is 0 Å². The van der Waals surface area contributed by atoms with Crippen molar-refractivity contribution in [2.24, 2.45) is 0 Å². The minimum absolute atomic E-state index is 0.172. The van der Waals surface area contributed by atoms with E-state index in [1.807, 2.05) is 4.90 Å². The molecule has 2 fully saturated rings. The Kier molecular flexibility index (Phi) is 3.87. The fourth-order valence-electron chi connectivity index (χ4n) is 3.99. The Bertz CT molecular complexity index is 955. The topological polar surface area (TPSA) is 58.4 Å². The SMILES string of the molecule is FC(F)(F)c1ccc(-c2nccs2)n2nc(N3CC4CCCC(C3)N4)nc12. The minimum Gasteiger partial charge on any atom is -0.336 e. The molecule has 2 bridgehead atoms. The van der Waals surface area contributed by atoms with E-state index in [2.05, 4.69) is 20.4 Å². The number of hydrogen-bond donors (Lipinski definition) is 1. The van der Waals surface area contributed by atoms with Gasteiger partial charge in [-0.25, -0.2) is 9.50 Å². The van der Waals surface area contributed by atoms with E-state index in [1.165, 1.54) is 28.3 Å². The second kappa shape index (κ2) is 6.16. The van der Waals surface area contributed by atoms with Gasteiger partial charge < -0.3 is 10.2 Å². The summed E-state index contributed by atoms with van der Waals surface area (Å²) >= 11 is 1.36. The largest absolute Gasteiger partial charge is 0.420 e. The zero-order valence-electron chi connectivity index (χ0n) is 14.3. The molecule has 3 aromatic heterocycles. The van der Waals surface area contributed by atoms with Crippen molar-refractivity contribution < 1.29 is 13.2 Å². The van der Waals surface area contributed by atoms with E-state index in [0.29, 0.717) is 41.8 Å². The van der Waals surface area contributed by atoms with Crippen LogP contribution in [0.3, 0.4) is 0 Å². The highest BCUT2D eigenvalue weighted by molar-refractivity contribution is 7.13. The molecule has 2 saturated heterocycles. The molecular formula is C17H17F3N6S. The molecule has 0 radical (unpaired) electrons. The number of pyridine rings is 1. The first-order valence-electron chi connectivity index (χ1n) is 8.87. The fourth-order valence-corrected chi connectivity index (χ4v) is 4.63. The molecule has 142 valence electrons. The van der Waals surface area contributed by atoms with Crippen LogP contribution in [0.4, 0.5) is 19.1 Å². The summed E-state index contributed by atoms with van der Waals surface area (Å²) in [5, 5.41) is 10.4. The predicted octanol–water partition coefficient (Wildman–Crippen LogP) is 3.20. The number of aromatic nitrogens is 4. The summed E-state index contributed by atoms with van der Waals surface area (Å²) in [5.74, 6) is 0.350. The molecule has 5 rings (SSSR count). The Hall–Kier alpha value is -2.20. The molecule has 0 spiro atoms. The van der Waals surface area contributed by atoms with Crippen LogP contribution in [0.1, 0.15) is 24.8 Å². The number of hydrogen-bond acceptors (Lipinski definition) is 6. The number of piperidine rings is 1. The lowest BCUT2D eigenvalue weighted by Crippen LogP contribution is -2.59. The number of nitrogens with one attached hydrogen (secondary N) is 1. The van der Waals surface area contributed by atoms with Crippen LogP contribution in [0.15, 0.2) is 23.7 Å². The van der Waals surface area contributed by atoms with E-state index in [1.54, 1.807) is 11.6 Å². The summed E-state index contributed by atoms with van der Waals surface area (Å²) in [7, 11) is 0. The van der Waals surface area contributed by atoms with Gasteiger partial charge in [0.2, 0.25) is 5.95 Å². The van der Waals surface area contributed by atoms with Gasteiger partial charge in [-0.2, -0.15) is 18.2 Å². The first-order valence-corrected chi connectivity index (χ1v) is 9.75. The summed E-state index contributed by atoms with van der Waals surface area (Å²) in [6.07, 6.45) is 0.448. The van der Waals surface area contributed by atoms with Crippen molar-refractivity contribution in [1.29, 1.82) is 0 Å². The van der Waals surface area contributed by atoms with Crippen molar-refractivity contribution in [3.63, 3.8) is 0 Å². The highest BCUT2D eigenvalue weighted by Crippen LogP contribution is 2.35.